The molecule has 49 heavy (non-hydrogen) atoms. The van der Waals surface area contributed by atoms with Gasteiger partial charge in [-0.25, -0.2) is 17.6 Å². The molecule has 2 aliphatic rings. The molecule has 3 atom stereocenters. The van der Waals surface area contributed by atoms with Crippen molar-refractivity contribution >= 4 is 36.2 Å². The molecule has 0 bridgehead atoms. The summed E-state index contributed by atoms with van der Waals surface area (Å²) in [6, 6.07) is 13.5. The maximum Gasteiger partial charge on any atom is 0.169 e. The maximum absolute atomic E-state index is 15.0. The molecule has 260 valence electrons. The van der Waals surface area contributed by atoms with E-state index in [0.29, 0.717) is 36.1 Å². The van der Waals surface area contributed by atoms with Crippen LogP contribution in [0.15, 0.2) is 54.6 Å². The highest BCUT2D eigenvalue weighted by Crippen LogP contribution is 2.37. The average molecular weight is 679 g/mol. The van der Waals surface area contributed by atoms with Crippen molar-refractivity contribution in [2.45, 2.75) is 90.2 Å². The largest absolute Gasteiger partial charge is 0.348 e. The molecule has 2 fully saturated rings. The highest BCUT2D eigenvalue weighted by atomic mass is 19.2. The summed E-state index contributed by atoms with van der Waals surface area (Å²) in [6.07, 6.45) is 10.5. The number of ether oxygens (including phenoxy) is 4. The first kappa shape index (κ1) is 36.4. The molecule has 0 radical (unpaired) electrons. The summed E-state index contributed by atoms with van der Waals surface area (Å²) in [5.74, 6) is -7.42. The van der Waals surface area contributed by atoms with Gasteiger partial charge < -0.3 is 18.9 Å². The molecule has 9 heteroatoms. The summed E-state index contributed by atoms with van der Waals surface area (Å²) in [7, 11) is 0. The number of halogens is 4. The Morgan fingerprint density at radius 1 is 0.714 bits per heavy atom. The van der Waals surface area contributed by atoms with Crippen molar-refractivity contribution in [2.24, 2.45) is 0 Å². The Labute approximate surface area is 285 Å². The van der Waals surface area contributed by atoms with Gasteiger partial charge in [0, 0.05) is 12.0 Å². The molecule has 5 nitrogen and oxygen atoms in total. The van der Waals surface area contributed by atoms with E-state index >= 15 is 0 Å². The summed E-state index contributed by atoms with van der Waals surface area (Å²) >= 11 is 0. The molecule has 2 saturated heterocycles. The van der Waals surface area contributed by atoms with Crippen LogP contribution in [0.1, 0.15) is 98.5 Å². The van der Waals surface area contributed by atoms with Crippen LogP contribution in [-0.4, -0.2) is 42.3 Å². The molecule has 2 aliphatic heterocycles. The third-order valence-electron chi connectivity index (χ3n) is 8.44. The van der Waals surface area contributed by atoms with E-state index < -0.39 is 46.0 Å². The molecular weight excluding hydrogens is 636 g/mol. The summed E-state index contributed by atoms with van der Waals surface area (Å²) in [6.45, 7) is 9.87. The van der Waals surface area contributed by atoms with Gasteiger partial charge in [0.2, 0.25) is 0 Å². The molecule has 2 heterocycles. The third kappa shape index (κ3) is 9.02. The van der Waals surface area contributed by atoms with Gasteiger partial charge in [0.05, 0.1) is 23.8 Å². The minimum atomic E-state index is -1.50. The Hall–Kier alpha value is -3.89. The number of unbranched alkanes of at least 4 members (excludes halogenated alkanes) is 1. The number of carbonyl (C=O) groups excluding carboxylic acids is 1. The Morgan fingerprint density at radius 3 is 1.71 bits per heavy atom. The van der Waals surface area contributed by atoms with Gasteiger partial charge in [-0.05, 0) is 69.4 Å². The number of benzene rings is 3. The van der Waals surface area contributed by atoms with Gasteiger partial charge in [-0.15, -0.1) is 0 Å². The molecule has 0 aromatic heterocycles. The van der Waals surface area contributed by atoms with E-state index in [1.807, 2.05) is 58.9 Å². The predicted octanol–water partition coefficient (Wildman–Crippen LogP) is 10.0. The first-order valence-electron chi connectivity index (χ1n) is 16.6. The van der Waals surface area contributed by atoms with Crippen molar-refractivity contribution in [3.05, 3.63) is 111 Å². The minimum absolute atomic E-state index is 0.00436. The van der Waals surface area contributed by atoms with E-state index in [2.05, 4.69) is 0 Å². The van der Waals surface area contributed by atoms with Gasteiger partial charge >= 0.3 is 0 Å². The topological polar surface area (TPSA) is 54.0 Å². The Morgan fingerprint density at radius 2 is 1.22 bits per heavy atom. The van der Waals surface area contributed by atoms with Crippen LogP contribution in [0.4, 0.5) is 17.6 Å². The SMILES string of the molecule is CCCCC(=O)c1ccc(/C=C/c2c(F)c(F)c(/C=C/c3ccc(/C=C/C[C@H]4OC(C)(C)O[C@@H]4[C@H]4COC(C)(C)O4)cc3)c(F)c2F)cc1. The smallest absolute Gasteiger partial charge is 0.169 e. The number of Topliss-reactive ketones (excluding diaryl/α,β-unsaturated/α-hetero) is 1. The van der Waals surface area contributed by atoms with Crippen LogP contribution in [0.5, 0.6) is 0 Å². The molecule has 5 rings (SSSR count). The first-order valence-corrected chi connectivity index (χ1v) is 16.6. The molecular formula is C40H42F4O5. The van der Waals surface area contributed by atoms with Gasteiger partial charge in [0.15, 0.2) is 40.6 Å². The van der Waals surface area contributed by atoms with Crippen molar-refractivity contribution < 1.29 is 41.3 Å². The molecule has 0 unspecified atom stereocenters. The van der Waals surface area contributed by atoms with E-state index in [1.165, 1.54) is 12.2 Å². The van der Waals surface area contributed by atoms with Crippen LogP contribution in [0.3, 0.4) is 0 Å². The van der Waals surface area contributed by atoms with Crippen molar-refractivity contribution in [3.8, 4) is 0 Å². The zero-order valence-corrected chi connectivity index (χ0v) is 28.4. The fraction of sp³-hybridized carbons (Fsp3) is 0.375. The zero-order chi connectivity index (χ0) is 35.3. The molecule has 3 aromatic rings. The van der Waals surface area contributed by atoms with Gasteiger partial charge in [-0.3, -0.25) is 4.79 Å². The van der Waals surface area contributed by atoms with E-state index in [9.17, 15) is 22.4 Å². The highest BCUT2D eigenvalue weighted by Gasteiger charge is 2.49. The number of rotatable bonds is 12. The third-order valence-corrected chi connectivity index (χ3v) is 8.44. The van der Waals surface area contributed by atoms with Crippen LogP contribution in [0.25, 0.3) is 30.4 Å². The van der Waals surface area contributed by atoms with Crippen molar-refractivity contribution in [1.29, 1.82) is 0 Å². The zero-order valence-electron chi connectivity index (χ0n) is 28.4. The van der Waals surface area contributed by atoms with Crippen LogP contribution in [0, 0.1) is 23.3 Å². The fourth-order valence-electron chi connectivity index (χ4n) is 5.87. The van der Waals surface area contributed by atoms with E-state index in [-0.39, 0.29) is 24.1 Å². The number of ketones is 1. The van der Waals surface area contributed by atoms with Crippen LogP contribution in [-0.2, 0) is 18.9 Å². The van der Waals surface area contributed by atoms with E-state index in [1.54, 1.807) is 36.4 Å². The normalized spacial score (nSPS) is 21.9. The quantitative estimate of drug-likeness (QED) is 0.0826. The highest BCUT2D eigenvalue weighted by molar-refractivity contribution is 5.96. The minimum Gasteiger partial charge on any atom is -0.348 e. The first-order chi connectivity index (χ1) is 23.3. The number of carbonyl (C=O) groups is 1. The Kier molecular flexibility index (Phi) is 11.4. The van der Waals surface area contributed by atoms with E-state index in [4.69, 9.17) is 18.9 Å². The second-order valence-electron chi connectivity index (χ2n) is 13.2. The maximum atomic E-state index is 15.0. The van der Waals surface area contributed by atoms with Gasteiger partial charge in [-0.1, -0.05) is 86.2 Å². The summed E-state index contributed by atoms with van der Waals surface area (Å²) in [5, 5.41) is 0. The van der Waals surface area contributed by atoms with Crippen molar-refractivity contribution in [2.75, 3.05) is 6.61 Å². The number of hydrogen-bond acceptors (Lipinski definition) is 5. The molecule has 3 aromatic carbocycles. The summed E-state index contributed by atoms with van der Waals surface area (Å²) in [4.78, 5) is 12.2. The standard InChI is InChI=1S/C40H42F4O5/c1-6-7-10-31(45)28-20-16-27(17-21-28)19-23-30-36(43)34(41)29(35(42)37(30)44)22-18-26-14-12-25(13-15-26)9-8-11-32-38(49-40(4,5)47-32)33-24-46-39(2,3)48-33/h8-9,12-23,32-33,38H,6-7,10-11,24H2,1-5H3/b9-8+,22-18+,23-19+/t32-,33-,38+/m1/s1. The number of hydrogen-bond donors (Lipinski definition) is 0. The fourth-order valence-corrected chi connectivity index (χ4v) is 5.87. The van der Waals surface area contributed by atoms with Crippen LogP contribution < -0.4 is 0 Å². The van der Waals surface area contributed by atoms with Crippen LogP contribution in [0.2, 0.25) is 0 Å². The lowest BCUT2D eigenvalue weighted by Gasteiger charge is -2.23. The Bertz CT molecular complexity index is 1700. The molecule has 0 N–H and O–H groups in total. The summed E-state index contributed by atoms with van der Waals surface area (Å²) in [5.41, 5.74) is 0.844. The molecule has 0 spiro atoms. The van der Waals surface area contributed by atoms with Gasteiger partial charge in [0.1, 0.15) is 12.2 Å². The monoisotopic (exact) mass is 678 g/mol. The lowest BCUT2D eigenvalue weighted by molar-refractivity contribution is -0.174. The Balaban J connectivity index is 1.22. The lowest BCUT2D eigenvalue weighted by Crippen LogP contribution is -2.38. The molecule has 0 amide bonds. The average Bonchev–Trinajstić information content (AvgIpc) is 3.60. The van der Waals surface area contributed by atoms with Gasteiger partial charge in [0.25, 0.3) is 0 Å². The lowest BCUT2D eigenvalue weighted by atomic mass is 10.0. The predicted molar refractivity (Wildman–Crippen MR) is 183 cm³/mol. The van der Waals surface area contributed by atoms with E-state index in [0.717, 1.165) is 30.6 Å². The van der Waals surface area contributed by atoms with Crippen LogP contribution >= 0.6 is 0 Å². The molecule has 0 aliphatic carbocycles. The second kappa shape index (κ2) is 15.3. The van der Waals surface area contributed by atoms with Crippen molar-refractivity contribution in [1.82, 2.24) is 0 Å². The second-order valence-corrected chi connectivity index (χ2v) is 13.2. The molecule has 0 saturated carbocycles. The van der Waals surface area contributed by atoms with Crippen molar-refractivity contribution in [3.63, 3.8) is 0 Å². The summed E-state index contributed by atoms with van der Waals surface area (Å²) < 4.78 is 83.8. The van der Waals surface area contributed by atoms with Gasteiger partial charge in [-0.2, -0.15) is 0 Å².